The molecule has 5 nitrogen and oxygen atoms in total. The predicted octanol–water partition coefficient (Wildman–Crippen LogP) is 1.39. The first kappa shape index (κ1) is 13.9. The van der Waals surface area contributed by atoms with Gasteiger partial charge in [0.2, 0.25) is 0 Å². The van der Waals surface area contributed by atoms with Crippen molar-refractivity contribution >= 4 is 15.5 Å². The molecule has 1 aromatic rings. The average Bonchev–Trinajstić information content (AvgIpc) is 2.33. The molecule has 1 aromatic carbocycles. The van der Waals surface area contributed by atoms with E-state index in [0.29, 0.717) is 11.4 Å². The fourth-order valence-corrected chi connectivity index (χ4v) is 1.88. The van der Waals surface area contributed by atoms with E-state index < -0.39 is 9.84 Å². The molecule has 0 saturated heterocycles. The fraction of sp³-hybridized carbons (Fsp3) is 0.250. The van der Waals surface area contributed by atoms with Gasteiger partial charge in [0.05, 0.1) is 17.1 Å². The van der Waals surface area contributed by atoms with Crippen molar-refractivity contribution in [3.05, 3.63) is 29.6 Å². The van der Waals surface area contributed by atoms with E-state index in [9.17, 15) is 8.42 Å². The van der Waals surface area contributed by atoms with Crippen LogP contribution in [0.4, 0.5) is 5.69 Å². The third-order valence-electron chi connectivity index (χ3n) is 2.05. The molecule has 0 aromatic heterocycles. The van der Waals surface area contributed by atoms with Crippen LogP contribution >= 0.6 is 0 Å². The third-order valence-corrected chi connectivity index (χ3v) is 3.16. The summed E-state index contributed by atoms with van der Waals surface area (Å²) in [6, 6.07) is 4.39. The molecule has 18 heavy (non-hydrogen) atoms. The minimum Gasteiger partial charge on any atom is -0.424 e. The zero-order chi connectivity index (χ0) is 13.6. The molecule has 0 atom stereocenters. The average molecular weight is 264 g/mol. The van der Waals surface area contributed by atoms with Crippen LogP contribution in [0, 0.1) is 18.9 Å². The van der Waals surface area contributed by atoms with Crippen molar-refractivity contribution < 1.29 is 13.2 Å². The Kier molecular flexibility index (Phi) is 4.59. The highest BCUT2D eigenvalue weighted by Crippen LogP contribution is 2.27. The Balaban J connectivity index is 3.13. The van der Waals surface area contributed by atoms with Crippen LogP contribution in [0.5, 0.6) is 5.75 Å². The molecule has 0 unspecified atom stereocenters. The summed E-state index contributed by atoms with van der Waals surface area (Å²) in [5, 5.41) is 2.89. The van der Waals surface area contributed by atoms with E-state index in [-0.39, 0.29) is 18.2 Å². The molecule has 0 saturated carbocycles. The molecule has 0 bridgehead atoms. The molecule has 6 heteroatoms. The second-order valence-corrected chi connectivity index (χ2v) is 5.44. The first-order valence-corrected chi connectivity index (χ1v) is 6.85. The molecule has 0 fully saturated rings. The number of ether oxygens (including phenoxy) is 1. The number of nitrogens with zero attached hydrogens (tertiary/aromatic N) is 1. The van der Waals surface area contributed by atoms with Crippen molar-refractivity contribution in [3.8, 4) is 18.1 Å². The van der Waals surface area contributed by atoms with Crippen molar-refractivity contribution in [2.45, 2.75) is 4.90 Å². The molecule has 0 aliphatic heterocycles. The van der Waals surface area contributed by atoms with Crippen LogP contribution in [0.1, 0.15) is 0 Å². The molecule has 0 aliphatic carbocycles. The number of hydrogen-bond acceptors (Lipinski definition) is 4. The van der Waals surface area contributed by atoms with Gasteiger partial charge in [-0.15, -0.1) is 6.42 Å². The number of rotatable bonds is 5. The van der Waals surface area contributed by atoms with Crippen LogP contribution in [0.2, 0.25) is 0 Å². The Morgan fingerprint density at radius 2 is 2.28 bits per heavy atom. The maximum atomic E-state index is 11.4. The van der Waals surface area contributed by atoms with Crippen LogP contribution in [-0.4, -0.2) is 27.9 Å². The maximum Gasteiger partial charge on any atom is 0.357 e. The standard InChI is InChI=1S/C12H12N2O3S/c1-4-7-14-11-6-5-10(18(3,15)16)8-12(11)17-9-13-2/h1,5-6,8,14H,7,9H2,3H3. The van der Waals surface area contributed by atoms with E-state index in [1.165, 1.54) is 12.1 Å². The molecule has 1 N–H and O–H groups in total. The molecule has 0 amide bonds. The van der Waals surface area contributed by atoms with E-state index in [0.717, 1.165) is 6.26 Å². The summed E-state index contributed by atoms with van der Waals surface area (Å²) >= 11 is 0. The summed E-state index contributed by atoms with van der Waals surface area (Å²) < 4.78 is 28.0. The highest BCUT2D eigenvalue weighted by molar-refractivity contribution is 7.90. The lowest BCUT2D eigenvalue weighted by Gasteiger charge is -2.10. The Labute approximate surface area is 107 Å². The van der Waals surface area contributed by atoms with Gasteiger partial charge in [-0.05, 0) is 12.1 Å². The van der Waals surface area contributed by atoms with Crippen molar-refractivity contribution in [2.24, 2.45) is 0 Å². The highest BCUT2D eigenvalue weighted by Gasteiger charge is 2.12. The van der Waals surface area contributed by atoms with Gasteiger partial charge in [0.1, 0.15) is 0 Å². The van der Waals surface area contributed by atoms with Gasteiger partial charge in [-0.3, -0.25) is 4.85 Å². The lowest BCUT2D eigenvalue weighted by molar-refractivity contribution is 0.361. The van der Waals surface area contributed by atoms with Crippen LogP contribution in [-0.2, 0) is 9.84 Å². The SMILES string of the molecule is [C-]#[N+]COc1cc(S(C)(=O)=O)ccc1NCC#C. The van der Waals surface area contributed by atoms with Crippen molar-refractivity contribution in [1.29, 1.82) is 0 Å². The van der Waals surface area contributed by atoms with E-state index in [4.69, 9.17) is 17.7 Å². The molecule has 0 aliphatic rings. The van der Waals surface area contributed by atoms with Gasteiger partial charge in [-0.2, -0.15) is 0 Å². The van der Waals surface area contributed by atoms with Gasteiger partial charge in [-0.1, -0.05) is 5.92 Å². The van der Waals surface area contributed by atoms with E-state index >= 15 is 0 Å². The number of benzene rings is 1. The highest BCUT2D eigenvalue weighted by atomic mass is 32.2. The van der Waals surface area contributed by atoms with Gasteiger partial charge >= 0.3 is 6.73 Å². The second kappa shape index (κ2) is 5.95. The van der Waals surface area contributed by atoms with Gasteiger partial charge in [0.25, 0.3) is 0 Å². The molecular formula is C12H12N2O3S. The normalized spacial score (nSPS) is 10.2. The van der Waals surface area contributed by atoms with Crippen LogP contribution in [0.3, 0.4) is 0 Å². The number of terminal acetylenes is 1. The number of sulfone groups is 1. The molecule has 0 heterocycles. The monoisotopic (exact) mass is 264 g/mol. The first-order chi connectivity index (χ1) is 8.49. The smallest absolute Gasteiger partial charge is 0.357 e. The Morgan fingerprint density at radius 3 is 2.83 bits per heavy atom. The molecule has 0 spiro atoms. The minimum atomic E-state index is -3.31. The molecule has 94 valence electrons. The molecule has 1 rings (SSSR count). The quantitative estimate of drug-likeness (QED) is 0.645. The lowest BCUT2D eigenvalue weighted by Crippen LogP contribution is -2.04. The Bertz CT molecular complexity index is 609. The number of hydrogen-bond donors (Lipinski definition) is 1. The Hall–Kier alpha value is -2.18. The largest absolute Gasteiger partial charge is 0.424 e. The van der Waals surface area contributed by atoms with E-state index in [2.05, 4.69) is 16.1 Å². The number of anilines is 1. The van der Waals surface area contributed by atoms with Gasteiger partial charge in [-0.25, -0.2) is 15.0 Å². The summed E-state index contributed by atoms with van der Waals surface area (Å²) in [6.45, 7) is 6.77. The van der Waals surface area contributed by atoms with Gasteiger partial charge in [0.15, 0.2) is 15.6 Å². The summed E-state index contributed by atoms with van der Waals surface area (Å²) in [6.07, 6.45) is 6.23. The second-order valence-electron chi connectivity index (χ2n) is 3.42. The maximum absolute atomic E-state index is 11.4. The predicted molar refractivity (Wildman–Crippen MR) is 69.0 cm³/mol. The summed E-state index contributed by atoms with van der Waals surface area (Å²) in [5.41, 5.74) is 0.559. The van der Waals surface area contributed by atoms with E-state index in [1.54, 1.807) is 6.07 Å². The van der Waals surface area contributed by atoms with Crippen molar-refractivity contribution in [3.63, 3.8) is 0 Å². The summed E-state index contributed by atoms with van der Waals surface area (Å²) in [5.74, 6) is 2.69. The fourth-order valence-electron chi connectivity index (χ4n) is 1.25. The zero-order valence-electron chi connectivity index (χ0n) is 9.80. The lowest BCUT2D eigenvalue weighted by atomic mass is 10.3. The van der Waals surface area contributed by atoms with Crippen LogP contribution < -0.4 is 10.1 Å². The Morgan fingerprint density at radius 1 is 1.56 bits per heavy atom. The minimum absolute atomic E-state index is 0.133. The van der Waals surface area contributed by atoms with Gasteiger partial charge in [0, 0.05) is 12.3 Å². The van der Waals surface area contributed by atoms with Crippen LogP contribution in [0.15, 0.2) is 23.1 Å². The first-order valence-electron chi connectivity index (χ1n) is 4.96. The van der Waals surface area contributed by atoms with E-state index in [1.807, 2.05) is 0 Å². The summed E-state index contributed by atoms with van der Waals surface area (Å²) in [4.78, 5) is 3.19. The van der Waals surface area contributed by atoms with Crippen molar-refractivity contribution in [2.75, 3.05) is 24.8 Å². The van der Waals surface area contributed by atoms with Crippen molar-refractivity contribution in [1.82, 2.24) is 0 Å². The number of nitrogens with one attached hydrogen (secondary N) is 1. The third kappa shape index (κ3) is 3.69. The topological polar surface area (TPSA) is 59.8 Å². The molecule has 0 radical (unpaired) electrons. The zero-order valence-corrected chi connectivity index (χ0v) is 10.6. The van der Waals surface area contributed by atoms with Gasteiger partial charge < -0.3 is 10.1 Å². The molecular weight excluding hydrogens is 252 g/mol. The summed E-state index contributed by atoms with van der Waals surface area (Å²) in [7, 11) is -3.31. The van der Waals surface area contributed by atoms with Crippen LogP contribution in [0.25, 0.3) is 4.85 Å².